The Kier molecular flexibility index (Phi) is 3.86. The maximum atomic E-state index is 5.25. The summed E-state index contributed by atoms with van der Waals surface area (Å²) in [4.78, 5) is 12.9. The smallest absolute Gasteiger partial charge is 0.258 e. The van der Waals surface area contributed by atoms with E-state index >= 15 is 0 Å². The van der Waals surface area contributed by atoms with Crippen LogP contribution >= 0.6 is 23.1 Å². The van der Waals surface area contributed by atoms with Crippen LogP contribution in [0, 0.1) is 0 Å². The number of aromatic nitrogens is 6. The van der Waals surface area contributed by atoms with E-state index < -0.39 is 0 Å². The highest BCUT2D eigenvalue weighted by molar-refractivity contribution is 7.98. The molecule has 0 aliphatic heterocycles. The fourth-order valence-electron chi connectivity index (χ4n) is 1.89. The largest absolute Gasteiger partial charge is 0.334 e. The second kappa shape index (κ2) is 6.31. The van der Waals surface area contributed by atoms with Crippen LogP contribution in [0.2, 0.25) is 0 Å². The first kappa shape index (κ1) is 14.1. The summed E-state index contributed by atoms with van der Waals surface area (Å²) in [7, 11) is 0. The molecule has 4 heterocycles. The quantitative estimate of drug-likeness (QED) is 0.556. The molecular weight excluding hydrogens is 332 g/mol. The van der Waals surface area contributed by atoms with Crippen LogP contribution in [0.15, 0.2) is 51.0 Å². The highest BCUT2D eigenvalue weighted by atomic mass is 32.2. The lowest BCUT2D eigenvalue weighted by Crippen LogP contribution is -1.85. The molecule has 0 aliphatic rings. The molecule has 9 heteroatoms. The van der Waals surface area contributed by atoms with Crippen LogP contribution in [0.1, 0.15) is 5.82 Å². The first-order chi connectivity index (χ1) is 11.4. The van der Waals surface area contributed by atoms with Gasteiger partial charge >= 0.3 is 0 Å². The Bertz CT molecular complexity index is 887. The Morgan fingerprint density at radius 3 is 3.04 bits per heavy atom. The van der Waals surface area contributed by atoms with Crippen LogP contribution in [0.4, 0.5) is 0 Å². The van der Waals surface area contributed by atoms with Crippen molar-refractivity contribution in [3.8, 4) is 22.8 Å². The lowest BCUT2D eigenvalue weighted by Gasteiger charge is -1.92. The van der Waals surface area contributed by atoms with Gasteiger partial charge < -0.3 is 4.52 Å². The van der Waals surface area contributed by atoms with Crippen LogP contribution in [0.5, 0.6) is 0 Å². The summed E-state index contributed by atoms with van der Waals surface area (Å²) >= 11 is 3.04. The van der Waals surface area contributed by atoms with E-state index in [1.54, 1.807) is 23.7 Å². The van der Waals surface area contributed by atoms with E-state index in [9.17, 15) is 0 Å². The maximum absolute atomic E-state index is 5.25. The van der Waals surface area contributed by atoms with Gasteiger partial charge in [-0.3, -0.25) is 10.1 Å². The van der Waals surface area contributed by atoms with E-state index in [2.05, 4.69) is 30.3 Å². The summed E-state index contributed by atoms with van der Waals surface area (Å²) in [6.45, 7) is 0. The highest BCUT2D eigenvalue weighted by Gasteiger charge is 2.11. The van der Waals surface area contributed by atoms with Crippen LogP contribution in [-0.4, -0.2) is 30.3 Å². The zero-order valence-electron chi connectivity index (χ0n) is 11.7. The standard InChI is InChI=1S/C14H10N6OS2/c1-2-9(6-15-4-1)12-17-14(19-18-12)23-8-11-16-13(21-20-11)10-3-5-22-7-10/h1-7H,8H2,(H,17,18,19). The van der Waals surface area contributed by atoms with Gasteiger partial charge in [-0.15, -0.1) is 5.10 Å². The minimum Gasteiger partial charge on any atom is -0.334 e. The minimum atomic E-state index is 0.535. The number of pyridine rings is 1. The third-order valence-electron chi connectivity index (χ3n) is 2.97. The van der Waals surface area contributed by atoms with Crippen LogP contribution in [-0.2, 0) is 5.75 Å². The SMILES string of the molecule is c1cncc(-c2nc(SCc3noc(-c4ccsc4)n3)n[nH]2)c1. The molecule has 0 amide bonds. The first-order valence-corrected chi connectivity index (χ1v) is 8.62. The first-order valence-electron chi connectivity index (χ1n) is 6.69. The Labute approximate surface area is 139 Å². The van der Waals surface area contributed by atoms with E-state index in [-0.39, 0.29) is 0 Å². The number of H-pyrrole nitrogens is 1. The predicted molar refractivity (Wildman–Crippen MR) is 86.8 cm³/mol. The van der Waals surface area contributed by atoms with Gasteiger partial charge in [-0.05, 0) is 23.6 Å². The lowest BCUT2D eigenvalue weighted by atomic mass is 10.3. The molecule has 0 saturated heterocycles. The molecule has 0 unspecified atom stereocenters. The number of nitrogens with zero attached hydrogens (tertiary/aromatic N) is 5. The molecule has 4 rings (SSSR count). The summed E-state index contributed by atoms with van der Waals surface area (Å²) in [6.07, 6.45) is 3.46. The van der Waals surface area contributed by atoms with Gasteiger partial charge in [0.15, 0.2) is 11.6 Å². The van der Waals surface area contributed by atoms with Crippen molar-refractivity contribution >= 4 is 23.1 Å². The molecule has 7 nitrogen and oxygen atoms in total. The van der Waals surface area contributed by atoms with Gasteiger partial charge in [0.25, 0.3) is 5.89 Å². The monoisotopic (exact) mass is 342 g/mol. The zero-order valence-corrected chi connectivity index (χ0v) is 13.3. The normalized spacial score (nSPS) is 11.0. The lowest BCUT2D eigenvalue weighted by molar-refractivity contribution is 0.425. The molecule has 0 aliphatic carbocycles. The molecular formula is C14H10N6OS2. The van der Waals surface area contributed by atoms with Gasteiger partial charge in [0.2, 0.25) is 5.16 Å². The Balaban J connectivity index is 1.43. The average Bonchev–Trinajstić information content (AvgIpc) is 3.33. The van der Waals surface area contributed by atoms with Crippen LogP contribution in [0.25, 0.3) is 22.8 Å². The summed E-state index contributed by atoms with van der Waals surface area (Å²) < 4.78 is 5.25. The van der Waals surface area contributed by atoms with E-state index in [0.29, 0.717) is 28.4 Å². The fourth-order valence-corrected chi connectivity index (χ4v) is 3.16. The highest BCUT2D eigenvalue weighted by Crippen LogP contribution is 2.24. The zero-order chi connectivity index (χ0) is 15.5. The summed E-state index contributed by atoms with van der Waals surface area (Å²) in [5, 5.41) is 15.6. The van der Waals surface area contributed by atoms with Crippen molar-refractivity contribution in [3.63, 3.8) is 0 Å². The molecule has 0 saturated carbocycles. The Morgan fingerprint density at radius 2 is 2.22 bits per heavy atom. The van der Waals surface area contributed by atoms with E-state index in [0.717, 1.165) is 11.1 Å². The van der Waals surface area contributed by atoms with Crippen molar-refractivity contribution in [2.75, 3.05) is 0 Å². The fraction of sp³-hybridized carbons (Fsp3) is 0.0714. The molecule has 0 fully saturated rings. The number of nitrogens with one attached hydrogen (secondary N) is 1. The van der Waals surface area contributed by atoms with Crippen LogP contribution in [0.3, 0.4) is 0 Å². The predicted octanol–water partition coefficient (Wildman–Crippen LogP) is 3.27. The van der Waals surface area contributed by atoms with E-state index in [1.807, 2.05) is 29.0 Å². The molecule has 0 spiro atoms. The number of aromatic amines is 1. The van der Waals surface area contributed by atoms with Crippen LogP contribution < -0.4 is 0 Å². The number of hydrogen-bond acceptors (Lipinski definition) is 8. The minimum absolute atomic E-state index is 0.535. The molecule has 0 atom stereocenters. The van der Waals surface area contributed by atoms with Gasteiger partial charge in [-0.2, -0.15) is 16.3 Å². The Hall–Kier alpha value is -2.52. The van der Waals surface area contributed by atoms with Gasteiger partial charge in [0.05, 0.1) is 11.3 Å². The third kappa shape index (κ3) is 3.15. The molecule has 4 aromatic heterocycles. The summed E-state index contributed by atoms with van der Waals surface area (Å²) in [5.74, 6) is 2.38. The average molecular weight is 342 g/mol. The second-order valence-electron chi connectivity index (χ2n) is 4.52. The molecule has 0 radical (unpaired) electrons. The summed E-state index contributed by atoms with van der Waals surface area (Å²) in [5.41, 5.74) is 1.83. The molecule has 114 valence electrons. The summed E-state index contributed by atoms with van der Waals surface area (Å²) in [6, 6.07) is 5.73. The Morgan fingerprint density at radius 1 is 1.22 bits per heavy atom. The molecule has 1 N–H and O–H groups in total. The molecule has 0 bridgehead atoms. The topological polar surface area (TPSA) is 93.4 Å². The number of rotatable bonds is 5. The van der Waals surface area contributed by atoms with Crippen molar-refractivity contribution < 1.29 is 4.52 Å². The van der Waals surface area contributed by atoms with Crippen molar-refractivity contribution in [1.82, 2.24) is 30.3 Å². The molecule has 4 aromatic rings. The molecule has 0 aromatic carbocycles. The molecule has 23 heavy (non-hydrogen) atoms. The number of thioether (sulfide) groups is 1. The van der Waals surface area contributed by atoms with Crippen molar-refractivity contribution in [1.29, 1.82) is 0 Å². The number of hydrogen-bond donors (Lipinski definition) is 1. The van der Waals surface area contributed by atoms with Gasteiger partial charge in [0.1, 0.15) is 0 Å². The van der Waals surface area contributed by atoms with E-state index in [4.69, 9.17) is 4.52 Å². The maximum Gasteiger partial charge on any atom is 0.258 e. The second-order valence-corrected chi connectivity index (χ2v) is 6.25. The van der Waals surface area contributed by atoms with Gasteiger partial charge in [0, 0.05) is 23.3 Å². The van der Waals surface area contributed by atoms with Crippen molar-refractivity contribution in [3.05, 3.63) is 47.2 Å². The van der Waals surface area contributed by atoms with Gasteiger partial charge in [-0.25, -0.2) is 4.98 Å². The third-order valence-corrected chi connectivity index (χ3v) is 4.49. The van der Waals surface area contributed by atoms with Gasteiger partial charge in [-0.1, -0.05) is 16.9 Å². The van der Waals surface area contributed by atoms with E-state index in [1.165, 1.54) is 11.8 Å². The number of thiophene rings is 1. The van der Waals surface area contributed by atoms with Crippen molar-refractivity contribution in [2.45, 2.75) is 10.9 Å². The van der Waals surface area contributed by atoms with Crippen molar-refractivity contribution in [2.24, 2.45) is 0 Å².